The standard InChI is InChI=1S/C27H29FN6O4/c1-27(2,3)38-26(37)34-12-10-33(11-13-34)25(36)17-5-8-20(9-6-17)30-16-23(32-29)21-14-18-4-7-19(28)15-22(18)31-24(21)35/h4-9,14-16,29-30H,10-13H2,1-3H3,(H,31,35)/p+1. The topological polar surface area (TPSA) is 136 Å². The van der Waals surface area contributed by atoms with Crippen LogP contribution in [0.2, 0.25) is 0 Å². The number of aromatic nitrogens is 1. The molecule has 198 valence electrons. The largest absolute Gasteiger partial charge is 0.444 e. The number of carbonyl (C=O) groups is 2. The van der Waals surface area contributed by atoms with Crippen LogP contribution >= 0.6 is 0 Å². The molecule has 1 aromatic heterocycles. The molecule has 4 N–H and O–H groups in total. The van der Waals surface area contributed by atoms with Gasteiger partial charge in [0.25, 0.3) is 11.5 Å². The lowest BCUT2D eigenvalue weighted by Gasteiger charge is -2.35. The fourth-order valence-corrected chi connectivity index (χ4v) is 4.06. The Morgan fingerprint density at radius 3 is 2.34 bits per heavy atom. The van der Waals surface area contributed by atoms with Gasteiger partial charge in [-0.25, -0.2) is 14.7 Å². The first-order valence-electron chi connectivity index (χ1n) is 12.2. The third-order valence-electron chi connectivity index (χ3n) is 6.01. The summed E-state index contributed by atoms with van der Waals surface area (Å²) in [6.07, 6.45) is 1.16. The summed E-state index contributed by atoms with van der Waals surface area (Å²) in [5.74, 6) is -0.586. The molecule has 1 aliphatic heterocycles. The highest BCUT2D eigenvalue weighted by molar-refractivity contribution is 5.94. The fourth-order valence-electron chi connectivity index (χ4n) is 4.06. The Morgan fingerprint density at radius 1 is 1.05 bits per heavy atom. The maximum absolute atomic E-state index is 13.5. The first-order chi connectivity index (χ1) is 18.0. The number of hydrogen-bond donors (Lipinski definition) is 3. The predicted octanol–water partition coefficient (Wildman–Crippen LogP) is 3.58. The minimum atomic E-state index is -0.570. The molecule has 0 bridgehead atoms. The smallest absolute Gasteiger partial charge is 0.410 e. The highest BCUT2D eigenvalue weighted by Crippen LogP contribution is 2.18. The minimum Gasteiger partial charge on any atom is -0.444 e. The van der Waals surface area contributed by atoms with Crippen molar-refractivity contribution >= 4 is 34.3 Å². The molecule has 1 aliphatic rings. The number of H-pyrrole nitrogens is 1. The number of aromatic amines is 1. The summed E-state index contributed by atoms with van der Waals surface area (Å²) in [6, 6.07) is 12.6. The van der Waals surface area contributed by atoms with Crippen LogP contribution < -0.4 is 10.9 Å². The zero-order valence-corrected chi connectivity index (χ0v) is 21.5. The SMILES string of the molecule is CC(C)(C)OC(=O)N1CCN(C(=O)c2ccc([NH2+]C=C(N=N)c3cc4ccc(F)cc4[nH]c3=O)cc2)CC1. The van der Waals surface area contributed by atoms with Crippen molar-refractivity contribution in [3.63, 3.8) is 0 Å². The van der Waals surface area contributed by atoms with Crippen LogP contribution in [0.15, 0.2) is 64.6 Å². The Bertz CT molecular complexity index is 1450. The summed E-state index contributed by atoms with van der Waals surface area (Å²) in [4.78, 5) is 43.6. The molecule has 2 amide bonds. The highest BCUT2D eigenvalue weighted by atomic mass is 19.1. The van der Waals surface area contributed by atoms with Gasteiger partial charge in [-0.2, -0.15) is 5.11 Å². The molecular weight excluding hydrogens is 491 g/mol. The van der Waals surface area contributed by atoms with Gasteiger partial charge in [0.15, 0.2) is 5.70 Å². The van der Waals surface area contributed by atoms with Crippen LogP contribution in [-0.4, -0.2) is 58.6 Å². The average Bonchev–Trinajstić information content (AvgIpc) is 2.88. The van der Waals surface area contributed by atoms with E-state index in [2.05, 4.69) is 10.1 Å². The van der Waals surface area contributed by atoms with E-state index in [9.17, 15) is 18.8 Å². The number of halogens is 1. The van der Waals surface area contributed by atoms with E-state index in [0.29, 0.717) is 42.6 Å². The first-order valence-corrected chi connectivity index (χ1v) is 12.2. The molecule has 4 rings (SSSR count). The second-order valence-corrected chi connectivity index (χ2v) is 9.96. The number of hydrogen-bond acceptors (Lipinski definition) is 6. The van der Waals surface area contributed by atoms with Crippen LogP contribution in [0.3, 0.4) is 0 Å². The molecule has 1 fully saturated rings. The summed E-state index contributed by atoms with van der Waals surface area (Å²) in [7, 11) is 0. The van der Waals surface area contributed by atoms with Gasteiger partial charge in [0.05, 0.1) is 11.1 Å². The van der Waals surface area contributed by atoms with Crippen LogP contribution in [0.5, 0.6) is 0 Å². The monoisotopic (exact) mass is 521 g/mol. The molecule has 11 heteroatoms. The van der Waals surface area contributed by atoms with Gasteiger partial charge >= 0.3 is 6.09 Å². The zero-order chi connectivity index (χ0) is 27.4. The van der Waals surface area contributed by atoms with Gasteiger partial charge in [-0.1, -0.05) is 0 Å². The molecule has 2 aromatic carbocycles. The van der Waals surface area contributed by atoms with Crippen molar-refractivity contribution in [3.8, 4) is 0 Å². The molecule has 0 saturated carbocycles. The van der Waals surface area contributed by atoms with E-state index < -0.39 is 17.0 Å². The molecule has 0 unspecified atom stereocenters. The van der Waals surface area contributed by atoms with Gasteiger partial charge in [-0.15, -0.1) is 0 Å². The van der Waals surface area contributed by atoms with Crippen molar-refractivity contribution in [1.29, 1.82) is 5.53 Å². The lowest BCUT2D eigenvalue weighted by Crippen LogP contribution is -2.71. The highest BCUT2D eigenvalue weighted by Gasteiger charge is 2.28. The van der Waals surface area contributed by atoms with Crippen molar-refractivity contribution in [2.24, 2.45) is 5.11 Å². The lowest BCUT2D eigenvalue weighted by molar-refractivity contribution is -0.495. The number of amides is 2. The summed E-state index contributed by atoms with van der Waals surface area (Å²) >= 11 is 0. The van der Waals surface area contributed by atoms with E-state index in [-0.39, 0.29) is 23.3 Å². The van der Waals surface area contributed by atoms with E-state index in [0.717, 1.165) is 5.69 Å². The number of nitrogens with two attached hydrogens (primary N) is 1. The number of quaternary nitrogens is 1. The second kappa shape index (κ2) is 10.9. The number of piperazine rings is 1. The lowest BCUT2D eigenvalue weighted by atomic mass is 10.1. The molecule has 3 aromatic rings. The molecule has 0 aliphatic carbocycles. The van der Waals surface area contributed by atoms with Crippen molar-refractivity contribution in [3.05, 3.63) is 82.0 Å². The van der Waals surface area contributed by atoms with Crippen LogP contribution in [0.25, 0.3) is 16.6 Å². The summed E-state index contributed by atoms with van der Waals surface area (Å²) < 4.78 is 18.9. The third kappa shape index (κ3) is 6.30. The maximum atomic E-state index is 13.5. The Kier molecular flexibility index (Phi) is 7.67. The summed E-state index contributed by atoms with van der Waals surface area (Å²) in [6.45, 7) is 7.08. The number of pyridine rings is 1. The van der Waals surface area contributed by atoms with E-state index >= 15 is 0 Å². The Balaban J connectivity index is 1.39. The van der Waals surface area contributed by atoms with Crippen LogP contribution in [0.4, 0.5) is 14.9 Å². The van der Waals surface area contributed by atoms with Crippen LogP contribution in [0.1, 0.15) is 36.7 Å². The summed E-state index contributed by atoms with van der Waals surface area (Å²) in [5, 5.41) is 5.80. The normalized spacial score (nSPS) is 14.5. The van der Waals surface area contributed by atoms with Crippen molar-refractivity contribution in [1.82, 2.24) is 14.8 Å². The average molecular weight is 522 g/mol. The molecule has 0 spiro atoms. The molecule has 10 nitrogen and oxygen atoms in total. The summed E-state index contributed by atoms with van der Waals surface area (Å²) in [5.41, 5.74) is 8.43. The molecular formula is C27H30FN6O4+. The van der Waals surface area contributed by atoms with Gasteiger partial charge < -0.3 is 19.5 Å². The maximum Gasteiger partial charge on any atom is 0.410 e. The van der Waals surface area contributed by atoms with E-state index in [4.69, 9.17) is 10.3 Å². The van der Waals surface area contributed by atoms with Crippen molar-refractivity contribution in [2.75, 3.05) is 26.2 Å². The number of ether oxygens (including phenoxy) is 1. The van der Waals surface area contributed by atoms with Crippen LogP contribution in [-0.2, 0) is 4.74 Å². The van der Waals surface area contributed by atoms with Gasteiger partial charge in [0.1, 0.15) is 23.3 Å². The number of nitrogens with zero attached hydrogens (tertiary/aromatic N) is 3. The second-order valence-electron chi connectivity index (χ2n) is 9.96. The van der Waals surface area contributed by atoms with Gasteiger partial charge in [-0.05, 0) is 62.6 Å². The number of nitrogens with one attached hydrogen (secondary N) is 2. The van der Waals surface area contributed by atoms with Gasteiger partial charge in [0, 0.05) is 43.9 Å². The van der Waals surface area contributed by atoms with Crippen LogP contribution in [0, 0.1) is 11.3 Å². The first kappa shape index (κ1) is 26.7. The number of benzene rings is 2. The molecule has 0 atom stereocenters. The number of carbonyl (C=O) groups excluding carboxylic acids is 2. The predicted molar refractivity (Wildman–Crippen MR) is 139 cm³/mol. The van der Waals surface area contributed by atoms with Crippen molar-refractivity contribution in [2.45, 2.75) is 26.4 Å². The zero-order valence-electron chi connectivity index (χ0n) is 21.5. The van der Waals surface area contributed by atoms with E-state index in [1.54, 1.807) is 57.7 Å². The van der Waals surface area contributed by atoms with E-state index in [1.165, 1.54) is 12.1 Å². The number of fused-ring (bicyclic) bond motifs is 1. The Morgan fingerprint density at radius 2 is 1.71 bits per heavy atom. The molecule has 2 heterocycles. The van der Waals surface area contributed by atoms with E-state index in [1.807, 2.05) is 20.8 Å². The fraction of sp³-hybridized carbons (Fsp3) is 0.296. The van der Waals surface area contributed by atoms with Gasteiger partial charge in [-0.3, -0.25) is 14.9 Å². The molecule has 0 radical (unpaired) electrons. The molecule has 38 heavy (non-hydrogen) atoms. The Labute approximate surface area is 218 Å². The minimum absolute atomic E-state index is 0.128. The molecule has 1 saturated heterocycles. The third-order valence-corrected chi connectivity index (χ3v) is 6.01. The van der Waals surface area contributed by atoms with Crippen molar-refractivity contribution < 1.29 is 24.0 Å². The quantitative estimate of drug-likeness (QED) is 0.349. The van der Waals surface area contributed by atoms with Gasteiger partial charge in [0.2, 0.25) is 0 Å². The number of rotatable bonds is 5. The Hall–Kier alpha value is -4.38.